The van der Waals surface area contributed by atoms with Gasteiger partial charge in [0.25, 0.3) is 0 Å². The van der Waals surface area contributed by atoms with Crippen molar-refractivity contribution in [3.05, 3.63) is 60.7 Å². The van der Waals surface area contributed by atoms with Crippen LogP contribution >= 0.6 is 0 Å². The number of hydrogen-bond donors (Lipinski definition) is 1. The lowest BCUT2D eigenvalue weighted by Crippen LogP contribution is -2.64. The Morgan fingerprint density at radius 3 is 2.52 bits per heavy atom. The van der Waals surface area contributed by atoms with Crippen molar-refractivity contribution >= 4 is 17.3 Å². The van der Waals surface area contributed by atoms with Crippen molar-refractivity contribution in [1.82, 2.24) is 35.1 Å². The Hall–Kier alpha value is -4.80. The van der Waals surface area contributed by atoms with Crippen LogP contribution < -0.4 is 19.7 Å². The first-order valence-corrected chi connectivity index (χ1v) is 14.9. The van der Waals surface area contributed by atoms with Gasteiger partial charge in [0.2, 0.25) is 5.95 Å². The number of fused-ring (bicyclic) bond motifs is 2. The highest BCUT2D eigenvalue weighted by Crippen LogP contribution is 2.38. The Labute approximate surface area is 255 Å². The van der Waals surface area contributed by atoms with Crippen molar-refractivity contribution in [3.8, 4) is 28.7 Å². The molecule has 4 aromatic rings. The van der Waals surface area contributed by atoms with Crippen LogP contribution in [0, 0.1) is 11.3 Å². The summed E-state index contributed by atoms with van der Waals surface area (Å²) < 4.78 is 19.2. The number of methoxy groups -OCH3 is 1. The van der Waals surface area contributed by atoms with Crippen LogP contribution in [0.4, 0.5) is 17.3 Å². The van der Waals surface area contributed by atoms with Crippen LogP contribution in [0.15, 0.2) is 55.1 Å². The van der Waals surface area contributed by atoms with Crippen LogP contribution in [-0.4, -0.2) is 92.7 Å². The minimum Gasteiger partial charge on any atom is -0.494 e. The lowest BCUT2D eigenvalue weighted by molar-refractivity contribution is -0.0416. The average molecular weight is 595 g/mol. The molecule has 0 saturated carbocycles. The predicted molar refractivity (Wildman–Crippen MR) is 162 cm³/mol. The molecule has 226 valence electrons. The molecule has 1 N–H and O–H groups in total. The van der Waals surface area contributed by atoms with E-state index in [4.69, 9.17) is 14.2 Å². The zero-order valence-electron chi connectivity index (χ0n) is 24.7. The molecule has 3 atom stereocenters. The summed E-state index contributed by atoms with van der Waals surface area (Å²) in [6, 6.07) is 15.6. The summed E-state index contributed by atoms with van der Waals surface area (Å²) in [6.45, 7) is 6.13. The minimum absolute atomic E-state index is 0.257. The van der Waals surface area contributed by atoms with Crippen molar-refractivity contribution in [2.24, 2.45) is 0 Å². The summed E-state index contributed by atoms with van der Waals surface area (Å²) in [5.74, 6) is 1.66. The Balaban J connectivity index is 0.999. The molecule has 44 heavy (non-hydrogen) atoms. The summed E-state index contributed by atoms with van der Waals surface area (Å²) in [7, 11) is 1.67. The maximum absolute atomic E-state index is 9.60. The van der Waals surface area contributed by atoms with Crippen LogP contribution in [0.1, 0.15) is 25.3 Å². The van der Waals surface area contributed by atoms with E-state index in [1.165, 1.54) is 19.2 Å². The number of morpholine rings is 1. The fourth-order valence-corrected chi connectivity index (χ4v) is 6.43. The summed E-state index contributed by atoms with van der Waals surface area (Å²) >= 11 is 0. The van der Waals surface area contributed by atoms with Gasteiger partial charge < -0.3 is 24.4 Å². The second kappa shape index (κ2) is 12.1. The molecule has 7 rings (SSSR count). The molecule has 0 aliphatic carbocycles. The number of rotatable bonds is 10. The van der Waals surface area contributed by atoms with Gasteiger partial charge in [-0.25, -0.2) is 14.6 Å². The van der Waals surface area contributed by atoms with Crippen molar-refractivity contribution in [2.75, 3.05) is 43.6 Å². The van der Waals surface area contributed by atoms with Crippen LogP contribution in [0.3, 0.4) is 0 Å². The monoisotopic (exact) mass is 594 g/mol. The SMILES string of the molecule is COc1cc(N2CC(N3C4CCC3COC4)C2)ccc1Nc1ncc(-c2ccc(C#N)c(O[C@@H](C)Cn3cnnn3)c2)cn1. The van der Waals surface area contributed by atoms with E-state index in [0.29, 0.717) is 41.9 Å². The van der Waals surface area contributed by atoms with Crippen molar-refractivity contribution < 1.29 is 14.2 Å². The first-order valence-electron chi connectivity index (χ1n) is 14.9. The van der Waals surface area contributed by atoms with Crippen molar-refractivity contribution in [1.29, 1.82) is 5.26 Å². The molecule has 3 fully saturated rings. The van der Waals surface area contributed by atoms with E-state index < -0.39 is 0 Å². The largest absolute Gasteiger partial charge is 0.494 e. The molecular weight excluding hydrogens is 560 g/mol. The Kier molecular flexibility index (Phi) is 7.68. The Morgan fingerprint density at radius 1 is 1.02 bits per heavy atom. The molecule has 0 spiro atoms. The number of ether oxygens (including phenoxy) is 3. The van der Waals surface area contributed by atoms with Gasteiger partial charge in [0.15, 0.2) is 0 Å². The van der Waals surface area contributed by atoms with Gasteiger partial charge in [-0.3, -0.25) is 4.90 Å². The quantitative estimate of drug-likeness (QED) is 0.288. The molecule has 3 aliphatic rings. The van der Waals surface area contributed by atoms with Crippen LogP contribution in [0.5, 0.6) is 11.5 Å². The number of tetrazole rings is 1. The minimum atomic E-state index is -0.257. The fraction of sp³-hybridized carbons (Fsp3) is 0.419. The molecule has 0 radical (unpaired) electrons. The summed E-state index contributed by atoms with van der Waals surface area (Å²) in [4.78, 5) is 14.2. The van der Waals surface area contributed by atoms with E-state index in [2.05, 4.69) is 58.8 Å². The second-order valence-corrected chi connectivity index (χ2v) is 11.5. The van der Waals surface area contributed by atoms with Crippen molar-refractivity contribution in [3.63, 3.8) is 0 Å². The van der Waals surface area contributed by atoms with E-state index in [1.54, 1.807) is 30.3 Å². The summed E-state index contributed by atoms with van der Waals surface area (Å²) in [5.41, 5.74) is 4.00. The molecule has 13 heteroatoms. The Morgan fingerprint density at radius 2 is 1.82 bits per heavy atom. The van der Waals surface area contributed by atoms with Crippen LogP contribution in [0.25, 0.3) is 11.1 Å². The molecule has 3 aliphatic heterocycles. The summed E-state index contributed by atoms with van der Waals surface area (Å²) in [5, 5.41) is 24.0. The molecule has 0 amide bonds. The lowest BCUT2D eigenvalue weighted by atomic mass is 10.0. The molecule has 2 bridgehead atoms. The molecular formula is C31H34N10O3. The van der Waals surface area contributed by atoms with Gasteiger partial charge in [0.05, 0.1) is 38.1 Å². The second-order valence-electron chi connectivity index (χ2n) is 11.5. The Bertz CT molecular complexity index is 1620. The summed E-state index contributed by atoms with van der Waals surface area (Å²) in [6.07, 6.45) is 7.26. The predicted octanol–water partition coefficient (Wildman–Crippen LogP) is 3.27. The number of hydrogen-bond acceptors (Lipinski definition) is 12. The van der Waals surface area contributed by atoms with Crippen LogP contribution in [-0.2, 0) is 11.3 Å². The van der Waals surface area contributed by atoms with Gasteiger partial charge in [0, 0.05) is 60.9 Å². The third kappa shape index (κ3) is 5.61. The normalized spacial score (nSPS) is 20.5. The third-order valence-electron chi connectivity index (χ3n) is 8.63. The first kappa shape index (κ1) is 28.0. The van der Waals surface area contributed by atoms with Gasteiger partial charge >= 0.3 is 0 Å². The highest BCUT2D eigenvalue weighted by molar-refractivity contribution is 5.70. The number of nitrogens with one attached hydrogen (secondary N) is 1. The number of nitriles is 1. The average Bonchev–Trinajstić information content (AvgIpc) is 3.61. The van der Waals surface area contributed by atoms with Gasteiger partial charge in [-0.05, 0) is 60.0 Å². The lowest BCUT2D eigenvalue weighted by Gasteiger charge is -2.50. The standard InChI is InChI=1S/C31H34N10O3/c1-20(14-40-19-35-37-38-40)44-29-9-21(3-4-22(29)11-32)23-12-33-31(34-13-23)36-28-8-7-24(10-30(28)42-2)39-15-27(16-39)41-25-5-6-26(41)18-43-17-25/h3-4,7-10,12-13,19-20,25-27H,5-6,14-18H2,1-2H3,(H,33,34,36)/t20-,25?,26?/m0/s1. The number of nitrogens with zero attached hydrogens (tertiary/aromatic N) is 9. The topological polar surface area (TPSA) is 139 Å². The van der Waals surface area contributed by atoms with Gasteiger partial charge in [0.1, 0.15) is 30.0 Å². The molecule has 3 saturated heterocycles. The van der Waals surface area contributed by atoms with E-state index >= 15 is 0 Å². The maximum Gasteiger partial charge on any atom is 0.227 e. The number of benzene rings is 2. The number of aromatic nitrogens is 6. The molecule has 2 aromatic carbocycles. The fourth-order valence-electron chi connectivity index (χ4n) is 6.43. The smallest absolute Gasteiger partial charge is 0.227 e. The van der Waals surface area contributed by atoms with E-state index in [-0.39, 0.29) is 6.10 Å². The van der Waals surface area contributed by atoms with Crippen LogP contribution in [0.2, 0.25) is 0 Å². The highest BCUT2D eigenvalue weighted by Gasteiger charge is 2.45. The van der Waals surface area contributed by atoms with E-state index in [0.717, 1.165) is 54.6 Å². The number of anilines is 3. The van der Waals surface area contributed by atoms with E-state index in [1.807, 2.05) is 25.1 Å². The van der Waals surface area contributed by atoms with Gasteiger partial charge in [-0.15, -0.1) is 5.10 Å². The molecule has 2 aromatic heterocycles. The highest BCUT2D eigenvalue weighted by atomic mass is 16.5. The molecule has 13 nitrogen and oxygen atoms in total. The maximum atomic E-state index is 9.60. The van der Waals surface area contributed by atoms with Gasteiger partial charge in [-0.2, -0.15) is 5.26 Å². The first-order chi connectivity index (χ1) is 21.6. The van der Waals surface area contributed by atoms with Crippen molar-refractivity contribution in [2.45, 2.75) is 50.5 Å². The molecule has 5 heterocycles. The zero-order valence-corrected chi connectivity index (χ0v) is 24.7. The van der Waals surface area contributed by atoms with E-state index in [9.17, 15) is 5.26 Å². The van der Waals surface area contributed by atoms with Gasteiger partial charge in [-0.1, -0.05) is 6.07 Å². The molecule has 2 unspecified atom stereocenters. The zero-order chi connectivity index (χ0) is 30.0. The third-order valence-corrected chi connectivity index (χ3v) is 8.63.